The molecule has 7 heteroatoms. The molecule has 0 aromatic heterocycles. The molecule has 1 fully saturated rings. The van der Waals surface area contributed by atoms with Crippen molar-refractivity contribution in [3.8, 4) is 5.75 Å². The van der Waals surface area contributed by atoms with Crippen molar-refractivity contribution in [1.82, 2.24) is 5.32 Å². The maximum atomic E-state index is 11.3. The number of halogens is 1. The Labute approximate surface area is 139 Å². The van der Waals surface area contributed by atoms with Crippen molar-refractivity contribution < 1.29 is 19.4 Å². The molecule has 1 heterocycles. The summed E-state index contributed by atoms with van der Waals surface area (Å²) in [6.07, 6.45) is 0.459. The lowest BCUT2D eigenvalue weighted by atomic mass is 9.98. The SMILES string of the molecule is CNC(C(=O)O)[C@@H]1OC(Sc2ccc(Cl)c(OC)c2)C[C@H]1C. The van der Waals surface area contributed by atoms with Crippen LogP contribution in [0.4, 0.5) is 0 Å². The van der Waals surface area contributed by atoms with E-state index in [-0.39, 0.29) is 17.5 Å². The van der Waals surface area contributed by atoms with Crippen molar-refractivity contribution in [2.24, 2.45) is 5.92 Å². The van der Waals surface area contributed by atoms with Crippen LogP contribution in [0.5, 0.6) is 5.75 Å². The molecule has 1 aromatic rings. The highest BCUT2D eigenvalue weighted by molar-refractivity contribution is 7.99. The standard InChI is InChI=1S/C15H20ClNO4S/c1-8-6-12(21-14(8)13(17-2)15(18)19)22-9-4-5-10(16)11(7-9)20-3/h4-5,7-8,12-14,17H,6H2,1-3H3,(H,18,19)/t8-,12?,13?,14-/m1/s1. The van der Waals surface area contributed by atoms with Crippen LogP contribution in [-0.4, -0.2) is 42.8 Å². The van der Waals surface area contributed by atoms with E-state index in [0.717, 1.165) is 11.3 Å². The summed E-state index contributed by atoms with van der Waals surface area (Å²) in [5.41, 5.74) is -0.0823. The smallest absolute Gasteiger partial charge is 0.323 e. The molecular weight excluding hydrogens is 326 g/mol. The largest absolute Gasteiger partial charge is 0.495 e. The minimum atomic E-state index is -0.891. The van der Waals surface area contributed by atoms with Gasteiger partial charge < -0.3 is 19.9 Å². The molecule has 1 aromatic carbocycles. The summed E-state index contributed by atoms with van der Waals surface area (Å²) in [7, 11) is 3.21. The second kappa shape index (κ2) is 7.55. The third-order valence-electron chi connectivity index (χ3n) is 3.73. The monoisotopic (exact) mass is 345 g/mol. The number of thioether (sulfide) groups is 1. The molecule has 0 aliphatic carbocycles. The molecule has 2 N–H and O–H groups in total. The summed E-state index contributed by atoms with van der Waals surface area (Å²) in [6.45, 7) is 2.01. The number of benzene rings is 1. The summed E-state index contributed by atoms with van der Waals surface area (Å²) in [5.74, 6) is -0.105. The number of rotatable bonds is 6. The van der Waals surface area contributed by atoms with E-state index < -0.39 is 12.0 Å². The molecule has 1 aliphatic heterocycles. The van der Waals surface area contributed by atoms with Crippen molar-refractivity contribution >= 4 is 29.3 Å². The fraction of sp³-hybridized carbons (Fsp3) is 0.533. The lowest BCUT2D eigenvalue weighted by Crippen LogP contribution is -2.46. The van der Waals surface area contributed by atoms with E-state index in [1.165, 1.54) is 0 Å². The van der Waals surface area contributed by atoms with Gasteiger partial charge >= 0.3 is 5.97 Å². The molecule has 22 heavy (non-hydrogen) atoms. The zero-order chi connectivity index (χ0) is 16.3. The Morgan fingerprint density at radius 1 is 1.59 bits per heavy atom. The number of likely N-dealkylation sites (N-methyl/N-ethyl adjacent to an activating group) is 1. The molecule has 0 radical (unpaired) electrons. The van der Waals surface area contributed by atoms with E-state index in [4.69, 9.17) is 21.1 Å². The summed E-state index contributed by atoms with van der Waals surface area (Å²) in [6, 6.07) is 4.86. The molecular formula is C15H20ClNO4S. The van der Waals surface area contributed by atoms with E-state index in [2.05, 4.69) is 5.32 Å². The van der Waals surface area contributed by atoms with Crippen LogP contribution in [0.25, 0.3) is 0 Å². The molecule has 0 amide bonds. The van der Waals surface area contributed by atoms with E-state index in [1.54, 1.807) is 32.0 Å². The zero-order valence-electron chi connectivity index (χ0n) is 12.7. The van der Waals surface area contributed by atoms with Crippen molar-refractivity contribution in [2.75, 3.05) is 14.2 Å². The molecule has 0 bridgehead atoms. The lowest BCUT2D eigenvalue weighted by Gasteiger charge is -2.22. The number of nitrogens with one attached hydrogen (secondary N) is 1. The van der Waals surface area contributed by atoms with Crippen molar-refractivity contribution in [3.05, 3.63) is 23.2 Å². The number of methoxy groups -OCH3 is 1. The van der Waals surface area contributed by atoms with Crippen molar-refractivity contribution in [3.63, 3.8) is 0 Å². The van der Waals surface area contributed by atoms with Gasteiger partial charge in [0.2, 0.25) is 0 Å². The Hall–Kier alpha value is -0.950. The zero-order valence-corrected chi connectivity index (χ0v) is 14.3. The van der Waals surface area contributed by atoms with Crippen LogP contribution < -0.4 is 10.1 Å². The molecule has 1 aliphatic rings. The molecule has 0 spiro atoms. The van der Waals surface area contributed by atoms with E-state index in [0.29, 0.717) is 10.8 Å². The highest BCUT2D eigenvalue weighted by Gasteiger charge is 2.40. The van der Waals surface area contributed by atoms with Gasteiger partial charge in [-0.05, 0) is 37.6 Å². The van der Waals surface area contributed by atoms with Gasteiger partial charge in [0.25, 0.3) is 0 Å². The number of hydrogen-bond acceptors (Lipinski definition) is 5. The molecule has 0 saturated carbocycles. The van der Waals surface area contributed by atoms with Crippen molar-refractivity contribution in [2.45, 2.75) is 35.8 Å². The Morgan fingerprint density at radius 2 is 2.32 bits per heavy atom. The summed E-state index contributed by atoms with van der Waals surface area (Å²) in [4.78, 5) is 12.3. The highest BCUT2D eigenvalue weighted by Crippen LogP contribution is 2.39. The van der Waals surface area contributed by atoms with Gasteiger partial charge in [-0.3, -0.25) is 4.79 Å². The molecule has 1 saturated heterocycles. The van der Waals surface area contributed by atoms with Gasteiger partial charge in [0.05, 0.1) is 18.2 Å². The molecule has 5 nitrogen and oxygen atoms in total. The number of carbonyl (C=O) groups is 1. The fourth-order valence-electron chi connectivity index (χ4n) is 2.58. The quantitative estimate of drug-likeness (QED) is 0.826. The Balaban J connectivity index is 2.05. The number of aliphatic carboxylic acids is 1. The third-order valence-corrected chi connectivity index (χ3v) is 5.13. The van der Waals surface area contributed by atoms with E-state index in [9.17, 15) is 9.90 Å². The Bertz CT molecular complexity index is 542. The van der Waals surface area contributed by atoms with Crippen LogP contribution in [0.2, 0.25) is 5.02 Å². The van der Waals surface area contributed by atoms with Crippen LogP contribution in [0, 0.1) is 5.92 Å². The second-order valence-corrected chi connectivity index (χ2v) is 6.90. The number of ether oxygens (including phenoxy) is 2. The van der Waals surface area contributed by atoms with Gasteiger partial charge in [-0.25, -0.2) is 0 Å². The normalized spacial score (nSPS) is 25.9. The minimum absolute atomic E-state index is 0.0823. The maximum absolute atomic E-state index is 11.3. The maximum Gasteiger partial charge on any atom is 0.323 e. The average Bonchev–Trinajstić information content (AvgIpc) is 2.82. The van der Waals surface area contributed by atoms with Crippen LogP contribution in [0.3, 0.4) is 0 Å². The topological polar surface area (TPSA) is 67.8 Å². The van der Waals surface area contributed by atoms with Gasteiger partial charge in [-0.1, -0.05) is 30.3 Å². The van der Waals surface area contributed by atoms with E-state index >= 15 is 0 Å². The van der Waals surface area contributed by atoms with Gasteiger partial charge in [-0.15, -0.1) is 0 Å². The predicted molar refractivity (Wildman–Crippen MR) is 86.8 cm³/mol. The van der Waals surface area contributed by atoms with Crippen molar-refractivity contribution in [1.29, 1.82) is 0 Å². The number of carboxylic acid groups (broad SMARTS) is 1. The van der Waals surface area contributed by atoms with Gasteiger partial charge in [0.1, 0.15) is 17.2 Å². The first-order valence-electron chi connectivity index (χ1n) is 7.02. The van der Waals surface area contributed by atoms with Crippen LogP contribution in [0.15, 0.2) is 23.1 Å². The lowest BCUT2D eigenvalue weighted by molar-refractivity contribution is -0.143. The van der Waals surface area contributed by atoms with Crippen LogP contribution >= 0.6 is 23.4 Å². The fourth-order valence-corrected chi connectivity index (χ4v) is 3.98. The Morgan fingerprint density at radius 3 is 2.91 bits per heavy atom. The van der Waals surface area contributed by atoms with E-state index in [1.807, 2.05) is 19.1 Å². The average molecular weight is 346 g/mol. The van der Waals surface area contributed by atoms with Crippen LogP contribution in [0.1, 0.15) is 13.3 Å². The number of carboxylic acids is 1. The third kappa shape index (κ3) is 3.87. The first-order valence-corrected chi connectivity index (χ1v) is 8.27. The second-order valence-electron chi connectivity index (χ2n) is 5.26. The van der Waals surface area contributed by atoms with Gasteiger partial charge in [-0.2, -0.15) is 0 Å². The molecule has 2 unspecified atom stereocenters. The molecule has 122 valence electrons. The van der Waals surface area contributed by atoms with Crippen LogP contribution in [-0.2, 0) is 9.53 Å². The molecule has 4 atom stereocenters. The Kier molecular flexibility index (Phi) is 5.97. The highest BCUT2D eigenvalue weighted by atomic mass is 35.5. The summed E-state index contributed by atoms with van der Waals surface area (Å²) in [5, 5.41) is 12.6. The first kappa shape index (κ1) is 17.4. The molecule has 2 rings (SSSR count). The summed E-state index contributed by atoms with van der Waals surface area (Å²) >= 11 is 7.57. The summed E-state index contributed by atoms with van der Waals surface area (Å²) < 4.78 is 11.1. The van der Waals surface area contributed by atoms with Gasteiger partial charge in [0, 0.05) is 4.90 Å². The van der Waals surface area contributed by atoms with Gasteiger partial charge in [0.15, 0.2) is 0 Å². The number of hydrogen-bond donors (Lipinski definition) is 2. The minimum Gasteiger partial charge on any atom is -0.495 e. The first-order chi connectivity index (χ1) is 10.5. The predicted octanol–water partition coefficient (Wildman–Crippen LogP) is 2.86.